The standard InChI is InChI=1S/C8H12O2Si/c1-11(2,3)8-6-10-5-7(8)4-9/h4-6H,1-3H3. The second-order valence-corrected chi connectivity index (χ2v) is 8.65. The molecule has 0 bridgehead atoms. The van der Waals surface area contributed by atoms with E-state index in [9.17, 15) is 4.79 Å². The fourth-order valence-electron chi connectivity index (χ4n) is 1.01. The van der Waals surface area contributed by atoms with E-state index in [1.807, 2.05) is 0 Å². The Labute approximate surface area is 67.2 Å². The van der Waals surface area contributed by atoms with Crippen molar-refractivity contribution in [3.63, 3.8) is 0 Å². The van der Waals surface area contributed by atoms with Gasteiger partial charge in [0.2, 0.25) is 0 Å². The molecule has 60 valence electrons. The first kappa shape index (κ1) is 8.27. The van der Waals surface area contributed by atoms with Crippen molar-refractivity contribution in [3.8, 4) is 0 Å². The van der Waals surface area contributed by atoms with Crippen molar-refractivity contribution in [2.24, 2.45) is 0 Å². The minimum absolute atomic E-state index is 0.712. The van der Waals surface area contributed by atoms with Crippen molar-refractivity contribution in [2.45, 2.75) is 19.6 Å². The third kappa shape index (κ3) is 1.60. The predicted octanol–water partition coefficient (Wildman–Crippen LogP) is 1.64. The van der Waals surface area contributed by atoms with Gasteiger partial charge in [0, 0.05) is 0 Å². The van der Waals surface area contributed by atoms with Gasteiger partial charge < -0.3 is 4.42 Å². The van der Waals surface area contributed by atoms with Crippen LogP contribution < -0.4 is 5.19 Å². The van der Waals surface area contributed by atoms with Gasteiger partial charge in [-0.15, -0.1) is 0 Å². The summed E-state index contributed by atoms with van der Waals surface area (Å²) in [6, 6.07) is 0. The van der Waals surface area contributed by atoms with E-state index in [1.54, 1.807) is 6.26 Å². The minimum Gasteiger partial charge on any atom is -0.472 e. The highest BCUT2D eigenvalue weighted by Crippen LogP contribution is 2.05. The first-order valence-electron chi connectivity index (χ1n) is 3.57. The van der Waals surface area contributed by atoms with E-state index < -0.39 is 8.07 Å². The van der Waals surface area contributed by atoms with Gasteiger partial charge in [0.15, 0.2) is 6.29 Å². The zero-order valence-electron chi connectivity index (χ0n) is 7.05. The lowest BCUT2D eigenvalue weighted by Gasteiger charge is -2.13. The molecule has 0 saturated carbocycles. The Morgan fingerprint density at radius 2 is 2.00 bits per heavy atom. The molecular formula is C8H12O2Si. The largest absolute Gasteiger partial charge is 0.472 e. The van der Waals surface area contributed by atoms with Gasteiger partial charge in [-0.2, -0.15) is 0 Å². The summed E-state index contributed by atoms with van der Waals surface area (Å²) >= 11 is 0. The average molecular weight is 168 g/mol. The SMILES string of the molecule is C[Si](C)(C)c1cocc1C=O. The van der Waals surface area contributed by atoms with Crippen LogP contribution in [0, 0.1) is 0 Å². The van der Waals surface area contributed by atoms with Crippen LogP contribution in [0.1, 0.15) is 10.4 Å². The molecule has 2 nitrogen and oxygen atoms in total. The summed E-state index contributed by atoms with van der Waals surface area (Å²) in [4.78, 5) is 10.5. The van der Waals surface area contributed by atoms with Crippen molar-refractivity contribution in [2.75, 3.05) is 0 Å². The Morgan fingerprint density at radius 1 is 1.36 bits per heavy atom. The van der Waals surface area contributed by atoms with Crippen LogP contribution >= 0.6 is 0 Å². The molecule has 0 amide bonds. The molecule has 0 atom stereocenters. The maximum absolute atomic E-state index is 10.5. The van der Waals surface area contributed by atoms with Gasteiger partial charge in [0.05, 0.1) is 19.9 Å². The van der Waals surface area contributed by atoms with Crippen molar-refractivity contribution >= 4 is 19.5 Å². The molecule has 0 spiro atoms. The normalized spacial score (nSPS) is 11.5. The third-order valence-corrected chi connectivity index (χ3v) is 3.65. The van der Waals surface area contributed by atoms with Crippen molar-refractivity contribution in [1.82, 2.24) is 0 Å². The molecular weight excluding hydrogens is 156 g/mol. The fraction of sp³-hybridized carbons (Fsp3) is 0.375. The topological polar surface area (TPSA) is 30.2 Å². The number of hydrogen-bond acceptors (Lipinski definition) is 2. The number of hydrogen-bond donors (Lipinski definition) is 0. The van der Waals surface area contributed by atoms with Gasteiger partial charge in [0.1, 0.15) is 6.26 Å². The highest BCUT2D eigenvalue weighted by molar-refractivity contribution is 6.89. The first-order valence-corrected chi connectivity index (χ1v) is 7.07. The van der Waals surface area contributed by atoms with Crippen molar-refractivity contribution in [3.05, 3.63) is 18.1 Å². The minimum atomic E-state index is -1.37. The van der Waals surface area contributed by atoms with E-state index >= 15 is 0 Å². The van der Waals surface area contributed by atoms with Gasteiger partial charge in [-0.1, -0.05) is 19.6 Å². The number of aldehydes is 1. The second-order valence-electron chi connectivity index (χ2n) is 3.61. The molecule has 11 heavy (non-hydrogen) atoms. The van der Waals surface area contributed by atoms with E-state index in [-0.39, 0.29) is 0 Å². The van der Waals surface area contributed by atoms with E-state index in [0.717, 1.165) is 11.5 Å². The number of carbonyl (C=O) groups excluding carboxylic acids is 1. The number of furan rings is 1. The summed E-state index contributed by atoms with van der Waals surface area (Å²) in [7, 11) is -1.37. The maximum Gasteiger partial charge on any atom is 0.153 e. The molecule has 0 aromatic carbocycles. The Kier molecular flexibility index (Phi) is 2.00. The molecule has 1 rings (SSSR count). The highest BCUT2D eigenvalue weighted by Gasteiger charge is 2.21. The van der Waals surface area contributed by atoms with Crippen LogP contribution in [0.15, 0.2) is 16.9 Å². The van der Waals surface area contributed by atoms with Crippen LogP contribution in [0.2, 0.25) is 19.6 Å². The van der Waals surface area contributed by atoms with Gasteiger partial charge in [-0.3, -0.25) is 4.79 Å². The van der Waals surface area contributed by atoms with Gasteiger partial charge >= 0.3 is 0 Å². The van der Waals surface area contributed by atoms with Crippen LogP contribution in [0.5, 0.6) is 0 Å². The molecule has 0 radical (unpaired) electrons. The Balaban J connectivity index is 3.12. The molecule has 0 saturated heterocycles. The molecule has 0 unspecified atom stereocenters. The number of carbonyl (C=O) groups is 1. The lowest BCUT2D eigenvalue weighted by atomic mass is 10.4. The summed E-state index contributed by atoms with van der Waals surface area (Å²) in [5.41, 5.74) is 0.712. The van der Waals surface area contributed by atoms with Gasteiger partial charge in [-0.25, -0.2) is 0 Å². The quantitative estimate of drug-likeness (QED) is 0.496. The fourth-order valence-corrected chi connectivity index (χ4v) is 2.41. The van der Waals surface area contributed by atoms with Crippen LogP contribution in [0.25, 0.3) is 0 Å². The third-order valence-electron chi connectivity index (χ3n) is 1.63. The summed E-state index contributed by atoms with van der Waals surface area (Å²) in [6.45, 7) is 6.56. The molecule has 3 heteroatoms. The van der Waals surface area contributed by atoms with Gasteiger partial charge in [-0.05, 0) is 5.19 Å². The van der Waals surface area contributed by atoms with E-state index in [2.05, 4.69) is 19.6 Å². The lowest BCUT2D eigenvalue weighted by Crippen LogP contribution is -2.38. The van der Waals surface area contributed by atoms with Crippen LogP contribution in [-0.4, -0.2) is 14.4 Å². The van der Waals surface area contributed by atoms with Crippen LogP contribution in [0.3, 0.4) is 0 Å². The summed E-state index contributed by atoms with van der Waals surface area (Å²) in [5, 5.41) is 1.10. The Bertz CT molecular complexity index is 257. The summed E-state index contributed by atoms with van der Waals surface area (Å²) in [5.74, 6) is 0. The molecule has 0 aliphatic rings. The van der Waals surface area contributed by atoms with Crippen molar-refractivity contribution < 1.29 is 9.21 Å². The summed E-state index contributed by atoms with van der Waals surface area (Å²) < 4.78 is 4.97. The molecule has 0 aliphatic heterocycles. The van der Waals surface area contributed by atoms with Gasteiger partial charge in [0.25, 0.3) is 0 Å². The molecule has 1 aromatic heterocycles. The molecule has 0 N–H and O–H groups in total. The van der Waals surface area contributed by atoms with E-state index in [0.29, 0.717) is 5.56 Å². The monoisotopic (exact) mass is 168 g/mol. The van der Waals surface area contributed by atoms with Crippen molar-refractivity contribution in [1.29, 1.82) is 0 Å². The highest BCUT2D eigenvalue weighted by atomic mass is 28.3. The summed E-state index contributed by atoms with van der Waals surface area (Å²) in [6.07, 6.45) is 4.06. The van der Waals surface area contributed by atoms with E-state index in [1.165, 1.54) is 6.26 Å². The molecule has 1 aromatic rings. The zero-order valence-corrected chi connectivity index (χ0v) is 8.05. The predicted molar refractivity (Wildman–Crippen MR) is 47.1 cm³/mol. The lowest BCUT2D eigenvalue weighted by molar-refractivity contribution is 0.112. The molecule has 1 heterocycles. The first-order chi connectivity index (χ1) is 5.05. The van der Waals surface area contributed by atoms with Crippen LogP contribution in [-0.2, 0) is 0 Å². The van der Waals surface area contributed by atoms with Crippen LogP contribution in [0.4, 0.5) is 0 Å². The second kappa shape index (κ2) is 2.66. The maximum atomic E-state index is 10.5. The van der Waals surface area contributed by atoms with E-state index in [4.69, 9.17) is 4.42 Å². The molecule has 0 fully saturated rings. The smallest absolute Gasteiger partial charge is 0.153 e. The Hall–Kier alpha value is -0.833. The zero-order chi connectivity index (χ0) is 8.48. The Morgan fingerprint density at radius 3 is 2.36 bits per heavy atom. The molecule has 0 aliphatic carbocycles. The number of rotatable bonds is 2. The average Bonchev–Trinajstić information content (AvgIpc) is 2.31.